The smallest absolute Gasteiger partial charge is 0.330 e. The summed E-state index contributed by atoms with van der Waals surface area (Å²) in [6, 6.07) is 9.97. The summed E-state index contributed by atoms with van der Waals surface area (Å²) in [6.45, 7) is 1.09. The second-order valence-electron chi connectivity index (χ2n) is 5.13. The molecule has 2 nitrogen and oxygen atoms in total. The summed E-state index contributed by atoms with van der Waals surface area (Å²) < 4.78 is 38.1. The maximum absolute atomic E-state index is 12.7. The molecule has 2 rings (SSSR count). The molecule has 106 valence electrons. The minimum atomic E-state index is -4.19. The molecule has 1 saturated heterocycles. The Labute approximate surface area is 111 Å². The molecule has 19 heavy (non-hydrogen) atoms. The molecule has 1 heterocycles. The van der Waals surface area contributed by atoms with Gasteiger partial charge in [0, 0.05) is 19.6 Å². The summed E-state index contributed by atoms with van der Waals surface area (Å²) in [6.07, 6.45) is -3.28. The number of benzene rings is 1. The monoisotopic (exact) mass is 272 g/mol. The molecule has 1 aliphatic rings. The Balaban J connectivity index is 1.92. The average molecular weight is 272 g/mol. The minimum absolute atomic E-state index is 0.0172. The van der Waals surface area contributed by atoms with E-state index in [2.05, 4.69) is 0 Å². The van der Waals surface area contributed by atoms with Crippen molar-refractivity contribution in [3.63, 3.8) is 0 Å². The molecule has 1 aliphatic heterocycles. The van der Waals surface area contributed by atoms with Crippen LogP contribution in [0.1, 0.15) is 17.9 Å². The molecule has 0 amide bonds. The third kappa shape index (κ3) is 3.70. The van der Waals surface area contributed by atoms with Gasteiger partial charge in [-0.05, 0) is 24.4 Å². The lowest BCUT2D eigenvalue weighted by molar-refractivity contribution is -0.175. The van der Waals surface area contributed by atoms with Crippen molar-refractivity contribution >= 4 is 0 Å². The van der Waals surface area contributed by atoms with Gasteiger partial charge in [-0.2, -0.15) is 13.2 Å². The zero-order chi connectivity index (χ0) is 13.9. The van der Waals surface area contributed by atoms with Crippen LogP contribution in [0.25, 0.3) is 0 Å². The Morgan fingerprint density at radius 3 is 2.53 bits per heavy atom. The fourth-order valence-corrected chi connectivity index (χ4v) is 2.62. The Bertz CT molecular complexity index is 391. The second kappa shape index (κ2) is 5.92. The van der Waals surface area contributed by atoms with E-state index in [9.17, 15) is 13.2 Å². The van der Waals surface area contributed by atoms with Gasteiger partial charge in [-0.25, -0.2) is 0 Å². The third-order valence-electron chi connectivity index (χ3n) is 3.77. The van der Waals surface area contributed by atoms with Crippen molar-refractivity contribution in [3.05, 3.63) is 35.9 Å². The number of halogens is 3. The Morgan fingerprint density at radius 1 is 1.26 bits per heavy atom. The van der Waals surface area contributed by atoms with Crippen molar-refractivity contribution in [1.29, 1.82) is 0 Å². The first-order chi connectivity index (χ1) is 9.00. The van der Waals surface area contributed by atoms with E-state index >= 15 is 0 Å². The lowest BCUT2D eigenvalue weighted by Crippen LogP contribution is -2.40. The molecule has 1 aromatic rings. The van der Waals surface area contributed by atoms with Crippen LogP contribution < -0.4 is 5.73 Å². The molecule has 0 spiro atoms. The number of rotatable bonds is 4. The van der Waals surface area contributed by atoms with Gasteiger partial charge in [0.15, 0.2) is 0 Å². The summed E-state index contributed by atoms with van der Waals surface area (Å²) in [5.41, 5.74) is 6.45. The molecule has 2 atom stereocenters. The van der Waals surface area contributed by atoms with Gasteiger partial charge >= 0.3 is 6.18 Å². The number of alkyl halides is 3. The van der Waals surface area contributed by atoms with Crippen molar-refractivity contribution < 1.29 is 13.2 Å². The molecule has 1 fully saturated rings. The minimum Gasteiger partial charge on any atom is -0.330 e. The van der Waals surface area contributed by atoms with Gasteiger partial charge < -0.3 is 10.6 Å². The molecule has 1 aromatic carbocycles. The van der Waals surface area contributed by atoms with Crippen LogP contribution in [0.3, 0.4) is 0 Å². The van der Waals surface area contributed by atoms with Gasteiger partial charge in [-0.15, -0.1) is 0 Å². The van der Waals surface area contributed by atoms with Gasteiger partial charge in [-0.1, -0.05) is 30.3 Å². The Morgan fingerprint density at radius 2 is 1.95 bits per heavy atom. The molecule has 2 N–H and O–H groups in total. The highest BCUT2D eigenvalue weighted by molar-refractivity contribution is 5.21. The second-order valence-corrected chi connectivity index (χ2v) is 5.13. The lowest BCUT2D eigenvalue weighted by Gasteiger charge is -2.24. The fourth-order valence-electron chi connectivity index (χ4n) is 2.62. The van der Waals surface area contributed by atoms with Crippen LogP contribution in [-0.2, 0) is 0 Å². The normalized spacial score (nSPS) is 22.6. The van der Waals surface area contributed by atoms with Crippen molar-refractivity contribution in [2.24, 2.45) is 11.7 Å². The van der Waals surface area contributed by atoms with Crippen molar-refractivity contribution in [1.82, 2.24) is 4.90 Å². The van der Waals surface area contributed by atoms with Crippen molar-refractivity contribution in [2.75, 3.05) is 26.2 Å². The van der Waals surface area contributed by atoms with Crippen LogP contribution in [0, 0.1) is 5.92 Å². The molecule has 2 unspecified atom stereocenters. The van der Waals surface area contributed by atoms with Crippen LogP contribution in [0.2, 0.25) is 0 Å². The molecule has 0 aromatic heterocycles. The van der Waals surface area contributed by atoms with Crippen LogP contribution in [0.15, 0.2) is 30.3 Å². The number of hydrogen-bond acceptors (Lipinski definition) is 2. The summed E-state index contributed by atoms with van der Waals surface area (Å²) in [4.78, 5) is 1.88. The SMILES string of the molecule is NCC(CN1CCC(c2ccccc2)C1)C(F)(F)F. The van der Waals surface area contributed by atoms with Gasteiger partial charge in [0.05, 0.1) is 5.92 Å². The standard InChI is InChI=1S/C14H19F3N2/c15-14(16,17)13(8-18)10-19-7-6-12(9-19)11-4-2-1-3-5-11/h1-5,12-13H,6-10,18H2. The highest BCUT2D eigenvalue weighted by Crippen LogP contribution is 2.31. The molecular formula is C14H19F3N2. The summed E-state index contributed by atoms with van der Waals surface area (Å²) in [5, 5.41) is 0. The number of nitrogens with two attached hydrogens (primary N) is 1. The predicted molar refractivity (Wildman–Crippen MR) is 68.8 cm³/mol. The summed E-state index contributed by atoms with van der Waals surface area (Å²) >= 11 is 0. The molecule has 5 heteroatoms. The molecule has 0 bridgehead atoms. The largest absolute Gasteiger partial charge is 0.394 e. The predicted octanol–water partition coefficient (Wildman–Crippen LogP) is 2.61. The fraction of sp³-hybridized carbons (Fsp3) is 0.571. The van der Waals surface area contributed by atoms with Crippen molar-refractivity contribution in [2.45, 2.75) is 18.5 Å². The van der Waals surface area contributed by atoms with Crippen LogP contribution in [0.5, 0.6) is 0 Å². The first-order valence-electron chi connectivity index (χ1n) is 6.54. The summed E-state index contributed by atoms with van der Waals surface area (Å²) in [5.74, 6) is -1.07. The summed E-state index contributed by atoms with van der Waals surface area (Å²) in [7, 11) is 0. The molecule has 0 radical (unpaired) electrons. The first kappa shape index (κ1) is 14.3. The maximum Gasteiger partial charge on any atom is 0.394 e. The van der Waals surface area contributed by atoms with Gasteiger partial charge in [0.25, 0.3) is 0 Å². The molecule has 0 saturated carbocycles. The van der Waals surface area contributed by atoms with E-state index in [1.54, 1.807) is 0 Å². The van der Waals surface area contributed by atoms with E-state index in [4.69, 9.17) is 5.73 Å². The van der Waals surface area contributed by atoms with Crippen molar-refractivity contribution in [3.8, 4) is 0 Å². The van der Waals surface area contributed by atoms with Crippen LogP contribution >= 0.6 is 0 Å². The Hall–Kier alpha value is -1.07. The molecular weight excluding hydrogens is 253 g/mol. The average Bonchev–Trinajstić information content (AvgIpc) is 2.84. The van der Waals surface area contributed by atoms with E-state index in [0.717, 1.165) is 6.42 Å². The van der Waals surface area contributed by atoms with E-state index < -0.39 is 12.1 Å². The van der Waals surface area contributed by atoms with Crippen LogP contribution in [0.4, 0.5) is 13.2 Å². The highest BCUT2D eigenvalue weighted by Gasteiger charge is 2.40. The number of nitrogens with zero attached hydrogens (tertiary/aromatic N) is 1. The highest BCUT2D eigenvalue weighted by atomic mass is 19.4. The quantitative estimate of drug-likeness (QED) is 0.913. The van der Waals surface area contributed by atoms with E-state index in [-0.39, 0.29) is 13.1 Å². The maximum atomic E-state index is 12.7. The van der Waals surface area contributed by atoms with Crippen LogP contribution in [-0.4, -0.2) is 37.3 Å². The van der Waals surface area contributed by atoms with E-state index in [0.29, 0.717) is 19.0 Å². The molecule has 0 aliphatic carbocycles. The van der Waals surface area contributed by atoms with Gasteiger partial charge in [0.1, 0.15) is 0 Å². The van der Waals surface area contributed by atoms with Gasteiger partial charge in [0.2, 0.25) is 0 Å². The Kier molecular flexibility index (Phi) is 4.47. The zero-order valence-electron chi connectivity index (χ0n) is 10.7. The van der Waals surface area contributed by atoms with E-state index in [1.807, 2.05) is 35.2 Å². The lowest BCUT2D eigenvalue weighted by atomic mass is 9.99. The number of likely N-dealkylation sites (tertiary alicyclic amines) is 1. The zero-order valence-corrected chi connectivity index (χ0v) is 10.7. The van der Waals surface area contributed by atoms with E-state index in [1.165, 1.54) is 5.56 Å². The first-order valence-corrected chi connectivity index (χ1v) is 6.54. The van der Waals surface area contributed by atoms with Gasteiger partial charge in [-0.3, -0.25) is 0 Å². The third-order valence-corrected chi connectivity index (χ3v) is 3.77. The number of hydrogen-bond donors (Lipinski definition) is 1. The topological polar surface area (TPSA) is 29.3 Å².